The highest BCUT2D eigenvalue weighted by atomic mass is 16.4. The zero-order valence-corrected chi connectivity index (χ0v) is 16.0. The fourth-order valence-electron chi connectivity index (χ4n) is 3.48. The number of rotatable bonds is 4. The summed E-state index contributed by atoms with van der Waals surface area (Å²) in [5, 5.41) is 20.7. The van der Waals surface area contributed by atoms with E-state index in [0.29, 0.717) is 31.6 Å². The minimum Gasteiger partial charge on any atom is -0.423 e. The van der Waals surface area contributed by atoms with Gasteiger partial charge in [-0.3, -0.25) is 4.79 Å². The Morgan fingerprint density at radius 1 is 0.966 bits per heavy atom. The van der Waals surface area contributed by atoms with Gasteiger partial charge in [0.2, 0.25) is 5.91 Å². The molecule has 1 aromatic heterocycles. The second kappa shape index (κ2) is 8.47. The van der Waals surface area contributed by atoms with Gasteiger partial charge >= 0.3 is 7.12 Å². The van der Waals surface area contributed by atoms with Crippen molar-refractivity contribution in [3.05, 3.63) is 72.4 Å². The highest BCUT2D eigenvalue weighted by Crippen LogP contribution is 2.17. The molecule has 6 nitrogen and oxygen atoms in total. The summed E-state index contributed by atoms with van der Waals surface area (Å²) >= 11 is 0. The summed E-state index contributed by atoms with van der Waals surface area (Å²) < 4.78 is 0. The molecule has 7 heteroatoms. The Balaban J connectivity index is 1.35. The standard InChI is InChI=1S/C22H22BN3O3/c27-22(10-6-17-5-7-18-3-1-2-4-19(18)15-17)26-13-11-25(12-14-26)21-9-8-20(16-24-21)23(28)29/h1-10,15-16,28-29H,11-14H2. The number of benzene rings is 2. The van der Waals surface area contributed by atoms with Crippen LogP contribution in [-0.4, -0.2) is 59.1 Å². The monoisotopic (exact) mass is 387 g/mol. The van der Waals surface area contributed by atoms with Crippen LogP contribution < -0.4 is 10.4 Å². The van der Waals surface area contributed by atoms with E-state index in [0.717, 1.165) is 16.8 Å². The molecule has 1 fully saturated rings. The Morgan fingerprint density at radius 2 is 1.72 bits per heavy atom. The Kier molecular flexibility index (Phi) is 5.60. The molecule has 0 spiro atoms. The first kappa shape index (κ1) is 19.2. The summed E-state index contributed by atoms with van der Waals surface area (Å²) in [7, 11) is -1.51. The number of hydrogen-bond acceptors (Lipinski definition) is 5. The van der Waals surface area contributed by atoms with Crippen LogP contribution in [0.25, 0.3) is 16.8 Å². The molecule has 29 heavy (non-hydrogen) atoms. The summed E-state index contributed by atoms with van der Waals surface area (Å²) in [6.45, 7) is 2.60. The lowest BCUT2D eigenvalue weighted by molar-refractivity contribution is -0.126. The molecular weight excluding hydrogens is 365 g/mol. The first-order valence-electron chi connectivity index (χ1n) is 9.63. The number of aromatic nitrogens is 1. The normalized spacial score (nSPS) is 14.6. The van der Waals surface area contributed by atoms with Crippen LogP contribution in [0.5, 0.6) is 0 Å². The zero-order chi connectivity index (χ0) is 20.2. The van der Waals surface area contributed by atoms with Gasteiger partial charge in [0.05, 0.1) is 0 Å². The first-order valence-corrected chi connectivity index (χ1v) is 9.63. The van der Waals surface area contributed by atoms with Gasteiger partial charge in [-0.2, -0.15) is 0 Å². The van der Waals surface area contributed by atoms with Gasteiger partial charge in [0.15, 0.2) is 0 Å². The topological polar surface area (TPSA) is 76.9 Å². The smallest absolute Gasteiger partial charge is 0.423 e. The van der Waals surface area contributed by atoms with Gasteiger partial charge in [-0.05, 0) is 34.5 Å². The number of carbonyl (C=O) groups excluding carboxylic acids is 1. The van der Waals surface area contributed by atoms with Crippen LogP contribution in [0.4, 0.5) is 5.82 Å². The molecule has 1 aliphatic heterocycles. The van der Waals surface area contributed by atoms with E-state index in [1.165, 1.54) is 11.6 Å². The molecule has 0 radical (unpaired) electrons. The Morgan fingerprint density at radius 3 is 2.41 bits per heavy atom. The summed E-state index contributed by atoms with van der Waals surface area (Å²) in [6, 6.07) is 17.7. The number of carbonyl (C=O) groups is 1. The second-order valence-electron chi connectivity index (χ2n) is 7.08. The van der Waals surface area contributed by atoms with Crippen LogP contribution in [0.1, 0.15) is 5.56 Å². The van der Waals surface area contributed by atoms with E-state index in [-0.39, 0.29) is 5.91 Å². The molecule has 2 aromatic carbocycles. The maximum absolute atomic E-state index is 12.5. The minimum absolute atomic E-state index is 0.00418. The van der Waals surface area contributed by atoms with Gasteiger partial charge in [-0.1, -0.05) is 42.5 Å². The van der Waals surface area contributed by atoms with Gasteiger partial charge < -0.3 is 19.8 Å². The van der Waals surface area contributed by atoms with Crippen LogP contribution in [0.2, 0.25) is 0 Å². The summed E-state index contributed by atoms with van der Waals surface area (Å²) in [5.74, 6) is 0.776. The predicted molar refractivity (Wildman–Crippen MR) is 116 cm³/mol. The lowest BCUT2D eigenvalue weighted by Gasteiger charge is -2.35. The molecule has 146 valence electrons. The van der Waals surface area contributed by atoms with Gasteiger partial charge in [0, 0.05) is 43.9 Å². The summed E-state index contributed by atoms with van der Waals surface area (Å²) in [4.78, 5) is 20.8. The molecule has 4 rings (SSSR count). The van der Waals surface area contributed by atoms with Gasteiger partial charge in [-0.25, -0.2) is 4.98 Å². The fourth-order valence-corrected chi connectivity index (χ4v) is 3.48. The third kappa shape index (κ3) is 4.47. The van der Waals surface area contributed by atoms with Gasteiger partial charge in [0.1, 0.15) is 5.82 Å². The van der Waals surface area contributed by atoms with Crippen LogP contribution in [0.15, 0.2) is 66.9 Å². The van der Waals surface area contributed by atoms with Crippen LogP contribution in [0, 0.1) is 0 Å². The maximum atomic E-state index is 12.5. The van der Waals surface area contributed by atoms with Crippen molar-refractivity contribution in [1.82, 2.24) is 9.88 Å². The van der Waals surface area contributed by atoms with Crippen LogP contribution >= 0.6 is 0 Å². The number of fused-ring (bicyclic) bond motifs is 1. The third-order valence-electron chi connectivity index (χ3n) is 5.18. The van der Waals surface area contributed by atoms with Crippen molar-refractivity contribution in [3.8, 4) is 0 Å². The van der Waals surface area contributed by atoms with E-state index in [1.54, 1.807) is 18.2 Å². The van der Waals surface area contributed by atoms with Crippen LogP contribution in [0.3, 0.4) is 0 Å². The number of piperazine rings is 1. The minimum atomic E-state index is -1.51. The molecule has 1 amide bonds. The third-order valence-corrected chi connectivity index (χ3v) is 5.18. The predicted octanol–water partition coefficient (Wildman–Crippen LogP) is 1.28. The SMILES string of the molecule is O=C(C=Cc1ccc2ccccc2c1)N1CCN(c2ccc(B(O)O)cn2)CC1. The average molecular weight is 387 g/mol. The largest absolute Gasteiger partial charge is 0.490 e. The fraction of sp³-hybridized carbons (Fsp3) is 0.182. The lowest BCUT2D eigenvalue weighted by atomic mass is 9.82. The highest BCUT2D eigenvalue weighted by Gasteiger charge is 2.21. The molecule has 0 atom stereocenters. The molecule has 2 N–H and O–H groups in total. The Bertz CT molecular complexity index is 1030. The van der Waals surface area contributed by atoms with Gasteiger partial charge in [0.25, 0.3) is 0 Å². The number of nitrogens with zero attached hydrogens (tertiary/aromatic N) is 3. The highest BCUT2D eigenvalue weighted by molar-refractivity contribution is 6.58. The van der Waals surface area contributed by atoms with Crippen molar-refractivity contribution in [2.75, 3.05) is 31.1 Å². The molecule has 0 saturated carbocycles. The second-order valence-corrected chi connectivity index (χ2v) is 7.08. The van der Waals surface area contributed by atoms with Gasteiger partial charge in [-0.15, -0.1) is 0 Å². The molecule has 1 aliphatic rings. The molecule has 1 saturated heterocycles. The number of hydrogen-bond donors (Lipinski definition) is 2. The molecule has 3 aromatic rings. The van der Waals surface area contributed by atoms with Crippen molar-refractivity contribution in [3.63, 3.8) is 0 Å². The molecule has 0 unspecified atom stereocenters. The number of pyridine rings is 1. The summed E-state index contributed by atoms with van der Waals surface area (Å²) in [5.41, 5.74) is 1.37. The zero-order valence-electron chi connectivity index (χ0n) is 16.0. The van der Waals surface area contributed by atoms with E-state index < -0.39 is 7.12 Å². The first-order chi connectivity index (χ1) is 14.1. The average Bonchev–Trinajstić information content (AvgIpc) is 2.77. The van der Waals surface area contributed by atoms with Crippen molar-refractivity contribution in [2.45, 2.75) is 0 Å². The molecule has 2 heterocycles. The Labute approximate surface area is 169 Å². The lowest BCUT2D eigenvalue weighted by Crippen LogP contribution is -2.48. The van der Waals surface area contributed by atoms with E-state index in [9.17, 15) is 4.79 Å². The van der Waals surface area contributed by atoms with Crippen LogP contribution in [-0.2, 0) is 4.79 Å². The number of amides is 1. The van der Waals surface area contributed by atoms with Crippen molar-refractivity contribution >= 4 is 41.2 Å². The maximum Gasteiger partial charge on any atom is 0.490 e. The van der Waals surface area contributed by atoms with E-state index in [2.05, 4.69) is 34.1 Å². The van der Waals surface area contributed by atoms with Crippen molar-refractivity contribution < 1.29 is 14.8 Å². The quantitative estimate of drug-likeness (QED) is 0.521. The van der Waals surface area contributed by atoms with E-state index in [4.69, 9.17) is 10.0 Å². The van der Waals surface area contributed by atoms with E-state index in [1.807, 2.05) is 29.2 Å². The molecule has 0 bridgehead atoms. The van der Waals surface area contributed by atoms with E-state index >= 15 is 0 Å². The van der Waals surface area contributed by atoms with Crippen molar-refractivity contribution in [2.24, 2.45) is 0 Å². The summed E-state index contributed by atoms with van der Waals surface area (Å²) in [6.07, 6.45) is 4.96. The number of anilines is 1. The molecular formula is C22H22BN3O3. The Hall–Kier alpha value is -3.16. The molecule has 0 aliphatic carbocycles. The van der Waals surface area contributed by atoms with Crippen molar-refractivity contribution in [1.29, 1.82) is 0 Å².